The number of likely N-dealkylation sites (N-methyl/N-ethyl adjacent to an activating group) is 1. The molecule has 0 aliphatic rings. The van der Waals surface area contributed by atoms with Gasteiger partial charge in [-0.05, 0) is 25.1 Å². The second-order valence-corrected chi connectivity index (χ2v) is 6.48. The van der Waals surface area contributed by atoms with Crippen molar-refractivity contribution in [3.63, 3.8) is 0 Å². The quantitative estimate of drug-likeness (QED) is 0.451. The maximum atomic E-state index is 11.4. The second kappa shape index (κ2) is 8.09. The lowest BCUT2D eigenvalue weighted by atomic mass is 10.1. The van der Waals surface area contributed by atoms with Gasteiger partial charge < -0.3 is 10.2 Å². The van der Waals surface area contributed by atoms with E-state index in [-0.39, 0.29) is 17.5 Å². The standard InChI is InChI=1S/C18H20ClN3O3/c1-12(23)13-8-9-16(17(10-13)22(24)25)20-11-18(21(2)3)14-6-4-5-7-15(14)19/h4-10,18,20H,11H2,1-3H3/p+1/t18-/m1/s1. The van der Waals surface area contributed by atoms with E-state index < -0.39 is 4.92 Å². The minimum Gasteiger partial charge on any atom is -0.373 e. The third-order valence-electron chi connectivity index (χ3n) is 4.08. The maximum Gasteiger partial charge on any atom is 0.293 e. The van der Waals surface area contributed by atoms with Crippen molar-refractivity contribution in [2.45, 2.75) is 13.0 Å². The van der Waals surface area contributed by atoms with E-state index >= 15 is 0 Å². The number of carbonyl (C=O) groups excluding carboxylic acids is 1. The smallest absolute Gasteiger partial charge is 0.293 e. The highest BCUT2D eigenvalue weighted by atomic mass is 35.5. The lowest BCUT2D eigenvalue weighted by Gasteiger charge is -2.23. The van der Waals surface area contributed by atoms with Gasteiger partial charge in [-0.15, -0.1) is 0 Å². The highest BCUT2D eigenvalue weighted by molar-refractivity contribution is 6.31. The summed E-state index contributed by atoms with van der Waals surface area (Å²) in [5, 5.41) is 15.1. The number of ketones is 1. The van der Waals surface area contributed by atoms with E-state index in [2.05, 4.69) is 5.32 Å². The van der Waals surface area contributed by atoms with Crippen molar-refractivity contribution in [2.24, 2.45) is 0 Å². The molecule has 2 rings (SSSR count). The summed E-state index contributed by atoms with van der Waals surface area (Å²) in [7, 11) is 4.01. The highest BCUT2D eigenvalue weighted by Gasteiger charge is 2.22. The molecule has 0 heterocycles. The molecule has 0 bridgehead atoms. The molecule has 25 heavy (non-hydrogen) atoms. The molecular formula is C18H21ClN3O3+. The van der Waals surface area contributed by atoms with Crippen LogP contribution in [0.1, 0.15) is 28.9 Å². The average molecular weight is 363 g/mol. The minimum atomic E-state index is -0.484. The number of nitro benzene ring substituents is 1. The first-order valence-corrected chi connectivity index (χ1v) is 8.26. The van der Waals surface area contributed by atoms with Gasteiger partial charge in [-0.25, -0.2) is 0 Å². The molecule has 0 aromatic heterocycles. The molecule has 0 spiro atoms. The van der Waals surface area contributed by atoms with Crippen LogP contribution >= 0.6 is 11.6 Å². The Morgan fingerprint density at radius 3 is 2.52 bits per heavy atom. The lowest BCUT2D eigenvalue weighted by Crippen LogP contribution is -3.06. The molecule has 0 unspecified atom stereocenters. The SMILES string of the molecule is CC(=O)c1ccc(NC[C@H](c2ccccc2Cl)[NH+](C)C)c([N+](=O)[O-])c1. The Balaban J connectivity index is 2.28. The van der Waals surface area contributed by atoms with Gasteiger partial charge in [0.2, 0.25) is 0 Å². The molecular weight excluding hydrogens is 342 g/mol. The van der Waals surface area contributed by atoms with E-state index in [9.17, 15) is 14.9 Å². The van der Waals surface area contributed by atoms with Gasteiger partial charge in [-0.2, -0.15) is 0 Å². The molecule has 2 N–H and O–H groups in total. The van der Waals surface area contributed by atoms with Crippen LogP contribution in [0.2, 0.25) is 5.02 Å². The number of Topliss-reactive ketones (excluding diaryl/α,β-unsaturated/α-hetero) is 1. The average Bonchev–Trinajstić information content (AvgIpc) is 2.56. The fraction of sp³-hybridized carbons (Fsp3) is 0.278. The first-order valence-electron chi connectivity index (χ1n) is 7.89. The van der Waals surface area contributed by atoms with Crippen LogP contribution in [0.25, 0.3) is 0 Å². The number of rotatable bonds is 7. The number of carbonyl (C=O) groups is 1. The summed E-state index contributed by atoms with van der Waals surface area (Å²) < 4.78 is 0. The third-order valence-corrected chi connectivity index (χ3v) is 4.42. The van der Waals surface area contributed by atoms with E-state index in [1.807, 2.05) is 38.4 Å². The van der Waals surface area contributed by atoms with Gasteiger partial charge in [0.15, 0.2) is 5.78 Å². The molecule has 2 aromatic rings. The summed E-state index contributed by atoms with van der Waals surface area (Å²) in [5.41, 5.74) is 1.56. The summed E-state index contributed by atoms with van der Waals surface area (Å²) >= 11 is 6.30. The molecule has 6 nitrogen and oxygen atoms in total. The number of benzene rings is 2. The Bertz CT molecular complexity index is 793. The van der Waals surface area contributed by atoms with E-state index in [4.69, 9.17) is 11.6 Å². The van der Waals surface area contributed by atoms with Crippen molar-refractivity contribution >= 4 is 28.8 Å². The van der Waals surface area contributed by atoms with Crippen molar-refractivity contribution in [3.8, 4) is 0 Å². The fourth-order valence-corrected chi connectivity index (χ4v) is 2.91. The summed E-state index contributed by atoms with van der Waals surface area (Å²) in [6, 6.07) is 12.0. The zero-order valence-corrected chi connectivity index (χ0v) is 15.1. The van der Waals surface area contributed by atoms with Crippen molar-refractivity contribution < 1.29 is 14.6 Å². The Kier molecular flexibility index (Phi) is 6.12. The second-order valence-electron chi connectivity index (χ2n) is 6.08. The van der Waals surface area contributed by atoms with Gasteiger partial charge in [0.05, 0.1) is 25.6 Å². The van der Waals surface area contributed by atoms with Crippen LogP contribution in [-0.4, -0.2) is 31.3 Å². The van der Waals surface area contributed by atoms with Gasteiger partial charge in [0.25, 0.3) is 5.69 Å². The first kappa shape index (κ1) is 18.9. The molecule has 0 saturated carbocycles. The van der Waals surface area contributed by atoms with E-state index in [0.717, 1.165) is 10.5 Å². The first-order chi connectivity index (χ1) is 11.8. The van der Waals surface area contributed by atoms with Crippen LogP contribution in [0.15, 0.2) is 42.5 Å². The van der Waals surface area contributed by atoms with Gasteiger partial charge in [-0.3, -0.25) is 14.9 Å². The third kappa shape index (κ3) is 4.55. The van der Waals surface area contributed by atoms with Crippen LogP contribution in [0.3, 0.4) is 0 Å². The van der Waals surface area contributed by atoms with Crippen molar-refractivity contribution in [1.82, 2.24) is 0 Å². The normalized spacial score (nSPS) is 12.0. The van der Waals surface area contributed by atoms with Gasteiger partial charge >= 0.3 is 0 Å². The molecule has 1 atom stereocenters. The molecule has 7 heteroatoms. The number of quaternary nitrogens is 1. The monoisotopic (exact) mass is 362 g/mol. The predicted octanol–water partition coefficient (Wildman–Crippen LogP) is 2.75. The van der Waals surface area contributed by atoms with E-state index in [0.29, 0.717) is 22.8 Å². The summed E-state index contributed by atoms with van der Waals surface area (Å²) in [5.74, 6) is -0.207. The minimum absolute atomic E-state index is 0.0146. The zero-order chi connectivity index (χ0) is 18.6. The molecule has 132 valence electrons. The van der Waals surface area contributed by atoms with E-state index in [1.54, 1.807) is 12.1 Å². The molecule has 0 aliphatic heterocycles. The van der Waals surface area contributed by atoms with Crippen molar-refractivity contribution in [2.75, 3.05) is 26.0 Å². The van der Waals surface area contributed by atoms with Crippen LogP contribution in [0.5, 0.6) is 0 Å². The van der Waals surface area contributed by atoms with Crippen molar-refractivity contribution in [3.05, 3.63) is 68.7 Å². The molecule has 0 fully saturated rings. The van der Waals surface area contributed by atoms with Gasteiger partial charge in [-0.1, -0.05) is 29.8 Å². The van der Waals surface area contributed by atoms with Gasteiger partial charge in [0.1, 0.15) is 11.7 Å². The number of nitrogens with one attached hydrogen (secondary N) is 2. The molecule has 2 aromatic carbocycles. The topological polar surface area (TPSA) is 76.7 Å². The van der Waals surface area contributed by atoms with Crippen LogP contribution in [0.4, 0.5) is 11.4 Å². The molecule has 0 saturated heterocycles. The van der Waals surface area contributed by atoms with Crippen LogP contribution in [0, 0.1) is 10.1 Å². The maximum absolute atomic E-state index is 11.4. The fourth-order valence-electron chi connectivity index (χ4n) is 2.65. The highest BCUT2D eigenvalue weighted by Crippen LogP contribution is 2.27. The Morgan fingerprint density at radius 1 is 1.28 bits per heavy atom. The number of hydrogen-bond donors (Lipinski definition) is 2. The zero-order valence-electron chi connectivity index (χ0n) is 14.4. The van der Waals surface area contributed by atoms with Crippen LogP contribution in [-0.2, 0) is 0 Å². The van der Waals surface area contributed by atoms with Crippen LogP contribution < -0.4 is 10.2 Å². The lowest BCUT2D eigenvalue weighted by molar-refractivity contribution is -0.890. The number of hydrogen-bond acceptors (Lipinski definition) is 4. The number of halogens is 1. The Hall–Kier alpha value is -2.44. The molecule has 0 amide bonds. The van der Waals surface area contributed by atoms with Crippen molar-refractivity contribution in [1.29, 1.82) is 0 Å². The van der Waals surface area contributed by atoms with Gasteiger partial charge in [0, 0.05) is 22.2 Å². The number of nitro groups is 1. The summed E-state index contributed by atoms with van der Waals surface area (Å²) in [4.78, 5) is 23.4. The number of nitrogens with zero attached hydrogens (tertiary/aromatic N) is 1. The Morgan fingerprint density at radius 2 is 1.96 bits per heavy atom. The summed E-state index contributed by atoms with van der Waals surface area (Å²) in [6.07, 6.45) is 0. The molecule has 0 aliphatic carbocycles. The van der Waals surface area contributed by atoms with E-state index in [1.165, 1.54) is 13.0 Å². The number of anilines is 1. The predicted molar refractivity (Wildman–Crippen MR) is 98.6 cm³/mol. The molecule has 0 radical (unpaired) electrons. The summed E-state index contributed by atoms with van der Waals surface area (Å²) in [6.45, 7) is 1.85. The largest absolute Gasteiger partial charge is 0.373 e. The Labute approximate surface area is 151 Å².